The van der Waals surface area contributed by atoms with Crippen molar-refractivity contribution in [3.8, 4) is 0 Å². The third-order valence-corrected chi connectivity index (χ3v) is 2.15. The summed E-state index contributed by atoms with van der Waals surface area (Å²) in [6, 6.07) is -0.131. The molecule has 1 N–H and O–H groups in total. The minimum absolute atomic E-state index is 0.131. The molecule has 0 radical (unpaired) electrons. The van der Waals surface area contributed by atoms with Crippen LogP contribution in [0.15, 0.2) is 12.7 Å². The Morgan fingerprint density at radius 3 is 3.17 bits per heavy atom. The van der Waals surface area contributed by atoms with Crippen LogP contribution in [-0.2, 0) is 0 Å². The van der Waals surface area contributed by atoms with Crippen LogP contribution < -0.4 is 5.32 Å². The van der Waals surface area contributed by atoms with E-state index in [-0.39, 0.29) is 6.04 Å². The highest BCUT2D eigenvalue weighted by Crippen LogP contribution is 2.19. The van der Waals surface area contributed by atoms with Crippen molar-refractivity contribution in [3.05, 3.63) is 12.7 Å². The zero-order valence-corrected chi connectivity index (χ0v) is 6.65. The van der Waals surface area contributed by atoms with Gasteiger partial charge >= 0.3 is 0 Å². The van der Waals surface area contributed by atoms with E-state index < -0.39 is 6.17 Å². The molecule has 4 nitrogen and oxygen atoms in total. The van der Waals surface area contributed by atoms with E-state index in [2.05, 4.69) is 15.4 Å². The Bertz CT molecular complexity index is 236. The highest BCUT2D eigenvalue weighted by atomic mass is 19.1. The van der Waals surface area contributed by atoms with Crippen LogP contribution >= 0.6 is 0 Å². The molecule has 5 heteroatoms. The van der Waals surface area contributed by atoms with Gasteiger partial charge in [-0.1, -0.05) is 0 Å². The lowest BCUT2D eigenvalue weighted by molar-refractivity contribution is 0.173. The highest BCUT2D eigenvalue weighted by Gasteiger charge is 2.26. The van der Waals surface area contributed by atoms with Crippen LogP contribution in [0.4, 0.5) is 4.39 Å². The van der Waals surface area contributed by atoms with Gasteiger partial charge in [0.1, 0.15) is 18.8 Å². The average Bonchev–Trinajstić information content (AvgIpc) is 2.57. The minimum Gasteiger partial charge on any atom is -0.314 e. The highest BCUT2D eigenvalue weighted by molar-refractivity contribution is 4.82. The summed E-state index contributed by atoms with van der Waals surface area (Å²) in [5.41, 5.74) is 0. The summed E-state index contributed by atoms with van der Waals surface area (Å²) in [5, 5.41) is 6.92. The van der Waals surface area contributed by atoms with Gasteiger partial charge in [-0.15, -0.1) is 0 Å². The molecular weight excluding hydrogens is 159 g/mol. The molecule has 2 rings (SSSR count). The van der Waals surface area contributed by atoms with Gasteiger partial charge < -0.3 is 5.32 Å². The summed E-state index contributed by atoms with van der Waals surface area (Å²) in [6.07, 6.45) is 2.95. The van der Waals surface area contributed by atoms with Crippen LogP contribution in [0.1, 0.15) is 12.5 Å². The summed E-state index contributed by atoms with van der Waals surface area (Å²) in [7, 11) is 0. The van der Waals surface area contributed by atoms with E-state index in [0.29, 0.717) is 6.54 Å². The molecule has 2 atom stereocenters. The molecule has 0 saturated carbocycles. The van der Waals surface area contributed by atoms with Crippen LogP contribution in [0.3, 0.4) is 0 Å². The van der Waals surface area contributed by atoms with Gasteiger partial charge in [0.25, 0.3) is 0 Å². The molecule has 0 bridgehead atoms. The third-order valence-electron chi connectivity index (χ3n) is 2.15. The Hall–Kier alpha value is -0.970. The Labute approximate surface area is 69.8 Å². The first kappa shape index (κ1) is 7.67. The van der Waals surface area contributed by atoms with Crippen LogP contribution in [0.25, 0.3) is 0 Å². The molecule has 2 heterocycles. The van der Waals surface area contributed by atoms with Crippen LogP contribution in [0.2, 0.25) is 0 Å². The lowest BCUT2D eigenvalue weighted by Crippen LogP contribution is -2.39. The predicted molar refractivity (Wildman–Crippen MR) is 41.4 cm³/mol. The van der Waals surface area contributed by atoms with E-state index >= 15 is 0 Å². The number of halogens is 1. The molecule has 1 aromatic rings. The number of hydrogen-bond acceptors (Lipinski definition) is 3. The summed E-state index contributed by atoms with van der Waals surface area (Å²) in [4.78, 5) is 3.80. The lowest BCUT2D eigenvalue weighted by Gasteiger charge is -2.26. The quantitative estimate of drug-likeness (QED) is 0.652. The monoisotopic (exact) mass is 170 g/mol. The number of piperidine rings is 1. The predicted octanol–water partition coefficient (Wildman–Crippen LogP) is 0.151. The number of aromatic nitrogens is 3. The fourth-order valence-electron chi connectivity index (χ4n) is 1.49. The average molecular weight is 170 g/mol. The number of nitrogens with one attached hydrogen (secondary N) is 1. The van der Waals surface area contributed by atoms with Gasteiger partial charge in [-0.2, -0.15) is 5.10 Å². The first-order valence-corrected chi connectivity index (χ1v) is 4.07. The summed E-state index contributed by atoms with van der Waals surface area (Å²) in [5.74, 6) is 0. The van der Waals surface area contributed by atoms with Gasteiger partial charge in [0.15, 0.2) is 0 Å². The van der Waals surface area contributed by atoms with Gasteiger partial charge in [-0.05, 0) is 13.0 Å². The molecule has 1 saturated heterocycles. The Morgan fingerprint density at radius 1 is 1.58 bits per heavy atom. The van der Waals surface area contributed by atoms with E-state index in [1.54, 1.807) is 11.0 Å². The molecule has 0 aliphatic carbocycles. The van der Waals surface area contributed by atoms with E-state index in [1.165, 1.54) is 6.33 Å². The van der Waals surface area contributed by atoms with Gasteiger partial charge in [-0.3, -0.25) is 0 Å². The van der Waals surface area contributed by atoms with Gasteiger partial charge in [0.2, 0.25) is 0 Å². The van der Waals surface area contributed by atoms with Crippen molar-refractivity contribution >= 4 is 0 Å². The number of alkyl halides is 1. The van der Waals surface area contributed by atoms with Crippen LogP contribution in [0.5, 0.6) is 0 Å². The molecule has 66 valence electrons. The first-order valence-electron chi connectivity index (χ1n) is 4.07. The maximum absolute atomic E-state index is 13.3. The minimum atomic E-state index is -0.847. The largest absolute Gasteiger partial charge is 0.314 e. The van der Waals surface area contributed by atoms with Crippen molar-refractivity contribution in [1.82, 2.24) is 20.1 Å². The van der Waals surface area contributed by atoms with Crippen molar-refractivity contribution in [2.45, 2.75) is 18.6 Å². The van der Waals surface area contributed by atoms with Crippen LogP contribution in [0, 0.1) is 0 Å². The smallest absolute Gasteiger partial charge is 0.137 e. The molecule has 2 unspecified atom stereocenters. The molecule has 1 fully saturated rings. The van der Waals surface area contributed by atoms with Gasteiger partial charge in [-0.25, -0.2) is 14.1 Å². The summed E-state index contributed by atoms with van der Waals surface area (Å²) < 4.78 is 14.9. The third kappa shape index (κ3) is 1.32. The van der Waals surface area contributed by atoms with Gasteiger partial charge in [0, 0.05) is 6.54 Å². The van der Waals surface area contributed by atoms with Crippen molar-refractivity contribution in [2.75, 3.05) is 13.1 Å². The Balaban J connectivity index is 2.11. The van der Waals surface area contributed by atoms with Crippen molar-refractivity contribution in [1.29, 1.82) is 0 Å². The second kappa shape index (κ2) is 3.18. The van der Waals surface area contributed by atoms with Gasteiger partial charge in [0.05, 0.1) is 6.04 Å². The fourth-order valence-corrected chi connectivity index (χ4v) is 1.49. The molecule has 0 spiro atoms. The van der Waals surface area contributed by atoms with Crippen LogP contribution in [-0.4, -0.2) is 34.0 Å². The molecule has 0 aromatic carbocycles. The normalized spacial score (nSPS) is 30.4. The zero-order chi connectivity index (χ0) is 8.39. The lowest BCUT2D eigenvalue weighted by atomic mass is 10.1. The SMILES string of the molecule is FC1CNCCC1n1cncn1. The molecule has 12 heavy (non-hydrogen) atoms. The zero-order valence-electron chi connectivity index (χ0n) is 6.65. The van der Waals surface area contributed by atoms with Crippen molar-refractivity contribution in [3.63, 3.8) is 0 Å². The molecular formula is C7H11FN4. The van der Waals surface area contributed by atoms with E-state index in [0.717, 1.165) is 13.0 Å². The first-order chi connectivity index (χ1) is 5.88. The number of rotatable bonds is 1. The second-order valence-corrected chi connectivity index (χ2v) is 2.95. The fraction of sp³-hybridized carbons (Fsp3) is 0.714. The molecule has 1 aromatic heterocycles. The summed E-state index contributed by atoms with van der Waals surface area (Å²) in [6.45, 7) is 1.27. The Morgan fingerprint density at radius 2 is 2.50 bits per heavy atom. The van der Waals surface area contributed by atoms with Crippen molar-refractivity contribution < 1.29 is 4.39 Å². The van der Waals surface area contributed by atoms with Crippen molar-refractivity contribution in [2.24, 2.45) is 0 Å². The standard InChI is InChI=1S/C7H11FN4/c8-6-3-9-2-1-7(6)12-5-10-4-11-12/h4-7,9H,1-3H2. The molecule has 1 aliphatic heterocycles. The maximum Gasteiger partial charge on any atom is 0.137 e. The topological polar surface area (TPSA) is 42.7 Å². The second-order valence-electron chi connectivity index (χ2n) is 2.95. The molecule has 0 amide bonds. The van der Waals surface area contributed by atoms with E-state index in [1.807, 2.05) is 0 Å². The Kier molecular flexibility index (Phi) is 2.03. The van der Waals surface area contributed by atoms with E-state index in [9.17, 15) is 4.39 Å². The number of nitrogens with zero attached hydrogens (tertiary/aromatic N) is 3. The summed E-state index contributed by atoms with van der Waals surface area (Å²) >= 11 is 0. The maximum atomic E-state index is 13.3. The number of hydrogen-bond donors (Lipinski definition) is 1. The molecule has 1 aliphatic rings. The van der Waals surface area contributed by atoms with E-state index in [4.69, 9.17) is 0 Å².